The maximum absolute atomic E-state index is 9.25. The second-order valence-electron chi connectivity index (χ2n) is 4.16. The van der Waals surface area contributed by atoms with Crippen LogP contribution in [0.15, 0.2) is 24.3 Å². The van der Waals surface area contributed by atoms with Gasteiger partial charge in [0.2, 0.25) is 0 Å². The Hall–Kier alpha value is -2.21. The van der Waals surface area contributed by atoms with Crippen molar-refractivity contribution in [2.75, 3.05) is 0 Å². The van der Waals surface area contributed by atoms with Gasteiger partial charge < -0.3 is 5.11 Å². The molecule has 0 atom stereocenters. The van der Waals surface area contributed by atoms with Gasteiger partial charge in [0.25, 0.3) is 5.78 Å². The molecule has 0 amide bonds. The average molecular weight is 276 g/mol. The smallest absolute Gasteiger partial charge is 0.273 e. The highest BCUT2D eigenvalue weighted by atomic mass is 35.5. The summed E-state index contributed by atoms with van der Waals surface area (Å²) in [5.74, 6) is 1.29. The fraction of sp³-hybridized carbons (Fsp3) is 0.167. The Kier molecular flexibility index (Phi) is 2.79. The number of aromatic hydroxyl groups is 1. The van der Waals surface area contributed by atoms with Crippen LogP contribution < -0.4 is 0 Å². The van der Waals surface area contributed by atoms with E-state index in [-0.39, 0.29) is 5.75 Å². The highest BCUT2D eigenvalue weighted by Gasteiger charge is 2.11. The third kappa shape index (κ3) is 2.22. The number of halogens is 1. The number of hydrogen-bond donors (Lipinski definition) is 1. The number of hydrogen-bond acceptors (Lipinski definition) is 5. The summed E-state index contributed by atoms with van der Waals surface area (Å²) in [6, 6.07) is 6.91. The third-order valence-corrected chi connectivity index (χ3v) is 3.09. The Labute approximate surface area is 113 Å². The molecule has 3 rings (SSSR count). The topological polar surface area (TPSA) is 76.2 Å². The lowest BCUT2D eigenvalue weighted by molar-refractivity contribution is 0.475. The van der Waals surface area contributed by atoms with E-state index in [4.69, 9.17) is 11.6 Å². The van der Waals surface area contributed by atoms with Gasteiger partial charge >= 0.3 is 0 Å². The summed E-state index contributed by atoms with van der Waals surface area (Å²) < 4.78 is 1.58. The molecule has 0 unspecified atom stereocenters. The fourth-order valence-corrected chi connectivity index (χ4v) is 1.85. The molecule has 96 valence electrons. The van der Waals surface area contributed by atoms with Gasteiger partial charge in [0.15, 0.2) is 11.0 Å². The van der Waals surface area contributed by atoms with E-state index < -0.39 is 0 Å². The molecule has 2 heterocycles. The van der Waals surface area contributed by atoms with Gasteiger partial charge in [0.1, 0.15) is 5.75 Å². The van der Waals surface area contributed by atoms with Gasteiger partial charge in [-0.15, -0.1) is 10.2 Å². The number of aromatic nitrogens is 5. The van der Waals surface area contributed by atoms with Crippen molar-refractivity contribution in [2.24, 2.45) is 0 Å². The van der Waals surface area contributed by atoms with Gasteiger partial charge in [0, 0.05) is 6.42 Å². The van der Waals surface area contributed by atoms with E-state index in [0.29, 0.717) is 28.9 Å². The predicted octanol–water partition coefficient (Wildman–Crippen LogP) is 1.78. The SMILES string of the molecule is Cc1nn2c(Cc3ccc(O)cc3)nnc2nc1Cl. The molecule has 0 aliphatic carbocycles. The summed E-state index contributed by atoms with van der Waals surface area (Å²) in [7, 11) is 0. The lowest BCUT2D eigenvalue weighted by Gasteiger charge is -2.01. The number of aryl methyl sites for hydroxylation is 1. The van der Waals surface area contributed by atoms with E-state index >= 15 is 0 Å². The molecule has 0 bridgehead atoms. The van der Waals surface area contributed by atoms with Crippen LogP contribution in [0.2, 0.25) is 5.15 Å². The summed E-state index contributed by atoms with van der Waals surface area (Å²) in [5, 5.41) is 21.9. The van der Waals surface area contributed by atoms with E-state index in [1.54, 1.807) is 23.6 Å². The zero-order valence-electron chi connectivity index (χ0n) is 10.1. The number of rotatable bonds is 2. The van der Waals surface area contributed by atoms with Crippen molar-refractivity contribution in [2.45, 2.75) is 13.3 Å². The van der Waals surface area contributed by atoms with Gasteiger partial charge in [-0.25, -0.2) is 0 Å². The molecule has 0 radical (unpaired) electrons. The van der Waals surface area contributed by atoms with Crippen molar-refractivity contribution < 1.29 is 5.11 Å². The molecule has 1 aromatic carbocycles. The zero-order chi connectivity index (χ0) is 13.4. The zero-order valence-corrected chi connectivity index (χ0v) is 10.8. The molecule has 3 aromatic rings. The molecule has 2 aromatic heterocycles. The maximum Gasteiger partial charge on any atom is 0.273 e. The third-order valence-electron chi connectivity index (χ3n) is 2.73. The molecule has 0 fully saturated rings. The van der Waals surface area contributed by atoms with Crippen LogP contribution in [0.5, 0.6) is 5.75 Å². The highest BCUT2D eigenvalue weighted by molar-refractivity contribution is 6.30. The second kappa shape index (κ2) is 4.47. The lowest BCUT2D eigenvalue weighted by atomic mass is 10.1. The molecule has 0 aliphatic heterocycles. The largest absolute Gasteiger partial charge is 0.508 e. The van der Waals surface area contributed by atoms with Crippen molar-refractivity contribution in [3.05, 3.63) is 46.5 Å². The van der Waals surface area contributed by atoms with E-state index in [1.165, 1.54) is 0 Å². The number of fused-ring (bicyclic) bond motifs is 1. The Morgan fingerprint density at radius 1 is 1.21 bits per heavy atom. The first-order chi connectivity index (χ1) is 9.13. The summed E-state index contributed by atoms with van der Waals surface area (Å²) in [6.07, 6.45) is 0.553. The first kappa shape index (κ1) is 11.9. The molecule has 19 heavy (non-hydrogen) atoms. The summed E-state index contributed by atoms with van der Waals surface area (Å²) in [6.45, 7) is 1.78. The molecular formula is C12H10ClN5O. The minimum atomic E-state index is 0.234. The van der Waals surface area contributed by atoms with Crippen molar-refractivity contribution in [3.63, 3.8) is 0 Å². The number of phenolic OH excluding ortho intramolecular Hbond substituents is 1. The Morgan fingerprint density at radius 2 is 1.95 bits per heavy atom. The first-order valence-electron chi connectivity index (χ1n) is 5.66. The van der Waals surface area contributed by atoms with Crippen LogP contribution in [0.25, 0.3) is 5.78 Å². The minimum Gasteiger partial charge on any atom is -0.508 e. The van der Waals surface area contributed by atoms with E-state index in [2.05, 4.69) is 20.3 Å². The molecule has 0 spiro atoms. The van der Waals surface area contributed by atoms with Gasteiger partial charge in [-0.1, -0.05) is 23.7 Å². The first-order valence-corrected chi connectivity index (χ1v) is 6.03. The van der Waals surface area contributed by atoms with Gasteiger partial charge in [0.05, 0.1) is 5.69 Å². The van der Waals surface area contributed by atoms with Crippen LogP contribution in [0.3, 0.4) is 0 Å². The Morgan fingerprint density at radius 3 is 2.68 bits per heavy atom. The number of benzene rings is 1. The molecule has 6 nitrogen and oxygen atoms in total. The monoisotopic (exact) mass is 275 g/mol. The van der Waals surface area contributed by atoms with E-state index in [1.807, 2.05) is 12.1 Å². The highest BCUT2D eigenvalue weighted by Crippen LogP contribution is 2.14. The summed E-state index contributed by atoms with van der Waals surface area (Å²) in [4.78, 5) is 4.10. The van der Waals surface area contributed by atoms with Crippen LogP contribution in [0, 0.1) is 6.92 Å². The van der Waals surface area contributed by atoms with Crippen molar-refractivity contribution in [1.82, 2.24) is 24.8 Å². The van der Waals surface area contributed by atoms with Crippen LogP contribution in [0.1, 0.15) is 17.1 Å². The summed E-state index contributed by atoms with van der Waals surface area (Å²) >= 11 is 5.89. The molecular weight excluding hydrogens is 266 g/mol. The Balaban J connectivity index is 2.01. The van der Waals surface area contributed by atoms with Crippen molar-refractivity contribution in [1.29, 1.82) is 0 Å². The van der Waals surface area contributed by atoms with Gasteiger partial charge in [-0.2, -0.15) is 14.6 Å². The molecule has 7 heteroatoms. The van der Waals surface area contributed by atoms with Gasteiger partial charge in [-0.05, 0) is 24.6 Å². The van der Waals surface area contributed by atoms with Crippen LogP contribution in [-0.2, 0) is 6.42 Å². The van der Waals surface area contributed by atoms with Gasteiger partial charge in [-0.3, -0.25) is 0 Å². The molecule has 0 saturated heterocycles. The van der Waals surface area contributed by atoms with Crippen LogP contribution >= 0.6 is 11.6 Å². The quantitative estimate of drug-likeness (QED) is 0.771. The standard InChI is InChI=1S/C12H10ClN5O/c1-7-11(13)14-12-16-15-10(18(12)17-7)6-8-2-4-9(19)5-3-8/h2-5,19H,6H2,1H3. The average Bonchev–Trinajstić information content (AvgIpc) is 2.76. The Bertz CT molecular complexity index is 738. The van der Waals surface area contributed by atoms with Crippen LogP contribution in [-0.4, -0.2) is 29.9 Å². The van der Waals surface area contributed by atoms with E-state index in [0.717, 1.165) is 5.56 Å². The fourth-order valence-electron chi connectivity index (χ4n) is 1.74. The predicted molar refractivity (Wildman–Crippen MR) is 69.2 cm³/mol. The summed E-state index contributed by atoms with van der Waals surface area (Å²) in [5.41, 5.74) is 1.63. The van der Waals surface area contributed by atoms with E-state index in [9.17, 15) is 5.11 Å². The molecule has 0 saturated carbocycles. The maximum atomic E-state index is 9.25. The normalized spacial score (nSPS) is 11.1. The van der Waals surface area contributed by atoms with Crippen LogP contribution in [0.4, 0.5) is 0 Å². The van der Waals surface area contributed by atoms with Crippen molar-refractivity contribution >= 4 is 17.4 Å². The minimum absolute atomic E-state index is 0.234. The number of phenols is 1. The molecule has 1 N–H and O–H groups in total. The lowest BCUT2D eigenvalue weighted by Crippen LogP contribution is -2.03. The number of nitrogens with zero attached hydrogens (tertiary/aromatic N) is 5. The second-order valence-corrected chi connectivity index (χ2v) is 4.52. The molecule has 0 aliphatic rings. The van der Waals surface area contributed by atoms with Crippen molar-refractivity contribution in [3.8, 4) is 5.75 Å².